The van der Waals surface area contributed by atoms with Crippen LogP contribution < -0.4 is 5.32 Å². The van der Waals surface area contributed by atoms with Crippen molar-refractivity contribution in [3.63, 3.8) is 0 Å². The van der Waals surface area contributed by atoms with Crippen LogP contribution >= 0.6 is 11.3 Å². The first kappa shape index (κ1) is 20.7. The summed E-state index contributed by atoms with van der Waals surface area (Å²) in [5.74, 6) is -0.979. The van der Waals surface area contributed by atoms with Gasteiger partial charge in [0, 0.05) is 29.9 Å². The van der Waals surface area contributed by atoms with Crippen LogP contribution in [0.1, 0.15) is 39.0 Å². The Morgan fingerprint density at radius 1 is 1.29 bits per heavy atom. The summed E-state index contributed by atoms with van der Waals surface area (Å²) in [6.07, 6.45) is 0.728. The van der Waals surface area contributed by atoms with Crippen LogP contribution in [0.2, 0.25) is 0 Å². The van der Waals surface area contributed by atoms with Crippen LogP contribution in [0.15, 0.2) is 48.5 Å². The monoisotopic (exact) mass is 437 g/mol. The maximum atomic E-state index is 12.9. The summed E-state index contributed by atoms with van der Waals surface area (Å²) in [6, 6.07) is 13.5. The Hall–Kier alpha value is -3.59. The second-order valence-electron chi connectivity index (χ2n) is 7.54. The van der Waals surface area contributed by atoms with Crippen molar-refractivity contribution in [3.8, 4) is 0 Å². The molecule has 1 aliphatic rings. The van der Waals surface area contributed by atoms with Gasteiger partial charge in [0.2, 0.25) is 0 Å². The molecular formula is C22H19N3O5S. The van der Waals surface area contributed by atoms with Crippen molar-refractivity contribution in [1.29, 1.82) is 0 Å². The molecule has 0 aliphatic carbocycles. The SMILES string of the molecule is Cc1nc(NC(=O)C2(C)Cc3ccccc3C(=O)O2)sc1Cc1cccc([N+](=O)[O-])c1. The van der Waals surface area contributed by atoms with E-state index in [4.69, 9.17) is 4.74 Å². The lowest BCUT2D eigenvalue weighted by atomic mass is 9.89. The lowest BCUT2D eigenvalue weighted by Gasteiger charge is -2.32. The molecule has 0 bridgehead atoms. The number of non-ortho nitro benzene ring substituents is 1. The van der Waals surface area contributed by atoms with Gasteiger partial charge in [0.15, 0.2) is 10.7 Å². The smallest absolute Gasteiger partial charge is 0.339 e. The van der Waals surface area contributed by atoms with Crippen molar-refractivity contribution in [1.82, 2.24) is 4.98 Å². The molecule has 9 heteroatoms. The van der Waals surface area contributed by atoms with Crippen molar-refractivity contribution < 1.29 is 19.2 Å². The summed E-state index contributed by atoms with van der Waals surface area (Å²) in [5.41, 5.74) is 1.42. The Morgan fingerprint density at radius 2 is 2.06 bits per heavy atom. The molecule has 1 unspecified atom stereocenters. The predicted molar refractivity (Wildman–Crippen MR) is 115 cm³/mol. The summed E-state index contributed by atoms with van der Waals surface area (Å²) >= 11 is 1.29. The highest BCUT2D eigenvalue weighted by molar-refractivity contribution is 7.15. The number of nitrogens with one attached hydrogen (secondary N) is 1. The number of anilines is 1. The first-order valence-electron chi connectivity index (χ1n) is 9.57. The topological polar surface area (TPSA) is 111 Å². The summed E-state index contributed by atoms with van der Waals surface area (Å²) in [5, 5.41) is 14.1. The normalized spacial score (nSPS) is 17.5. The van der Waals surface area contributed by atoms with E-state index in [0.717, 1.165) is 21.7 Å². The van der Waals surface area contributed by atoms with E-state index in [1.54, 1.807) is 25.1 Å². The maximum Gasteiger partial charge on any atom is 0.339 e. The maximum absolute atomic E-state index is 12.9. The Balaban J connectivity index is 1.50. The minimum Gasteiger partial charge on any atom is -0.445 e. The van der Waals surface area contributed by atoms with Gasteiger partial charge in [-0.25, -0.2) is 9.78 Å². The van der Waals surface area contributed by atoms with E-state index in [2.05, 4.69) is 10.3 Å². The Kier molecular flexibility index (Phi) is 5.28. The number of ether oxygens (including phenoxy) is 1. The van der Waals surface area contributed by atoms with E-state index < -0.39 is 22.4 Å². The number of nitro groups is 1. The first-order chi connectivity index (χ1) is 14.7. The lowest BCUT2D eigenvalue weighted by molar-refractivity contribution is -0.384. The highest BCUT2D eigenvalue weighted by Crippen LogP contribution is 2.31. The molecule has 1 amide bonds. The van der Waals surface area contributed by atoms with Crippen LogP contribution in [0.5, 0.6) is 0 Å². The van der Waals surface area contributed by atoms with Crippen molar-refractivity contribution in [3.05, 3.63) is 85.9 Å². The molecule has 2 aromatic carbocycles. The highest BCUT2D eigenvalue weighted by atomic mass is 32.1. The van der Waals surface area contributed by atoms with Crippen LogP contribution in [0.25, 0.3) is 0 Å². The largest absolute Gasteiger partial charge is 0.445 e. The molecule has 2 heterocycles. The molecule has 0 radical (unpaired) electrons. The second kappa shape index (κ2) is 7.92. The molecule has 0 spiro atoms. The molecule has 0 saturated carbocycles. The minimum absolute atomic E-state index is 0.0283. The van der Waals surface area contributed by atoms with Gasteiger partial charge in [-0.15, -0.1) is 11.3 Å². The third-order valence-corrected chi connectivity index (χ3v) is 6.24. The van der Waals surface area contributed by atoms with Crippen LogP contribution in [0, 0.1) is 17.0 Å². The number of carbonyl (C=O) groups is 2. The number of benzene rings is 2. The van der Waals surface area contributed by atoms with Gasteiger partial charge in [-0.2, -0.15) is 0 Å². The minimum atomic E-state index is -1.34. The number of thiazole rings is 1. The summed E-state index contributed by atoms with van der Waals surface area (Å²) < 4.78 is 5.46. The fraction of sp³-hybridized carbons (Fsp3) is 0.227. The molecule has 0 saturated heterocycles. The van der Waals surface area contributed by atoms with Crippen LogP contribution in [-0.4, -0.2) is 27.4 Å². The van der Waals surface area contributed by atoms with Crippen LogP contribution in [-0.2, 0) is 22.4 Å². The van der Waals surface area contributed by atoms with Gasteiger partial charge in [-0.1, -0.05) is 30.3 Å². The van der Waals surface area contributed by atoms with Gasteiger partial charge in [-0.05, 0) is 31.0 Å². The van der Waals surface area contributed by atoms with E-state index in [-0.39, 0.29) is 12.1 Å². The quantitative estimate of drug-likeness (QED) is 0.366. The fourth-order valence-electron chi connectivity index (χ4n) is 3.50. The zero-order valence-corrected chi connectivity index (χ0v) is 17.7. The number of hydrogen-bond donors (Lipinski definition) is 1. The molecular weight excluding hydrogens is 418 g/mol. The van der Waals surface area contributed by atoms with E-state index in [9.17, 15) is 19.7 Å². The molecule has 1 aromatic heterocycles. The molecule has 4 rings (SSSR count). The number of aryl methyl sites for hydroxylation is 1. The Labute approximate surface area is 182 Å². The molecule has 158 valence electrons. The van der Waals surface area contributed by atoms with E-state index >= 15 is 0 Å². The van der Waals surface area contributed by atoms with Crippen LogP contribution in [0.3, 0.4) is 0 Å². The highest BCUT2D eigenvalue weighted by Gasteiger charge is 2.43. The lowest BCUT2D eigenvalue weighted by Crippen LogP contribution is -2.48. The number of amides is 1. The summed E-state index contributed by atoms with van der Waals surface area (Å²) in [4.78, 5) is 41.1. The zero-order valence-electron chi connectivity index (χ0n) is 16.9. The molecule has 0 fully saturated rings. The zero-order chi connectivity index (χ0) is 22.2. The van der Waals surface area contributed by atoms with Crippen molar-refractivity contribution in [2.24, 2.45) is 0 Å². The number of nitro benzene ring substituents is 1. The fourth-order valence-corrected chi connectivity index (χ4v) is 4.49. The Morgan fingerprint density at radius 3 is 2.84 bits per heavy atom. The number of fused-ring (bicyclic) bond motifs is 1. The first-order valence-corrected chi connectivity index (χ1v) is 10.4. The summed E-state index contributed by atoms with van der Waals surface area (Å²) in [6.45, 7) is 3.40. The average Bonchev–Trinajstić information content (AvgIpc) is 3.06. The van der Waals surface area contributed by atoms with Gasteiger partial charge in [0.05, 0.1) is 16.2 Å². The van der Waals surface area contributed by atoms with Crippen molar-refractivity contribution >= 4 is 34.0 Å². The number of rotatable bonds is 5. The van der Waals surface area contributed by atoms with Crippen molar-refractivity contribution in [2.45, 2.75) is 32.3 Å². The van der Waals surface area contributed by atoms with Gasteiger partial charge >= 0.3 is 5.97 Å². The third-order valence-electron chi connectivity index (χ3n) is 5.16. The number of carbonyl (C=O) groups excluding carboxylic acids is 2. The molecule has 3 aromatic rings. The van der Waals surface area contributed by atoms with E-state index in [1.165, 1.54) is 23.5 Å². The molecule has 31 heavy (non-hydrogen) atoms. The van der Waals surface area contributed by atoms with E-state index in [1.807, 2.05) is 25.1 Å². The third kappa shape index (κ3) is 4.17. The summed E-state index contributed by atoms with van der Waals surface area (Å²) in [7, 11) is 0. The van der Waals surface area contributed by atoms with E-state index in [0.29, 0.717) is 17.1 Å². The van der Waals surface area contributed by atoms with Gasteiger partial charge in [0.1, 0.15) is 0 Å². The second-order valence-corrected chi connectivity index (χ2v) is 8.62. The molecule has 1 aliphatic heterocycles. The molecule has 8 nitrogen and oxygen atoms in total. The number of hydrogen-bond acceptors (Lipinski definition) is 7. The number of nitrogens with zero attached hydrogens (tertiary/aromatic N) is 2. The Bertz CT molecular complexity index is 1210. The van der Waals surface area contributed by atoms with Crippen LogP contribution in [0.4, 0.5) is 10.8 Å². The van der Waals surface area contributed by atoms with Crippen molar-refractivity contribution in [2.75, 3.05) is 5.32 Å². The number of cyclic esters (lactones) is 1. The standard InChI is InChI=1S/C22H19N3O5S/c1-13-18(11-14-6-5-8-16(10-14)25(28)29)31-21(23-13)24-20(27)22(2)12-15-7-3-4-9-17(15)19(26)30-22/h3-10H,11-12H2,1-2H3,(H,23,24,27). The molecule has 1 atom stereocenters. The molecule has 1 N–H and O–H groups in total. The van der Waals surface area contributed by atoms with Gasteiger partial charge in [0.25, 0.3) is 11.6 Å². The van der Waals surface area contributed by atoms with Gasteiger partial charge in [-0.3, -0.25) is 20.2 Å². The predicted octanol–water partition coefficient (Wildman–Crippen LogP) is 4.06. The average molecular weight is 437 g/mol. The number of esters is 1. The van der Waals surface area contributed by atoms with Gasteiger partial charge < -0.3 is 4.74 Å². The number of aromatic nitrogens is 1.